The number of rotatable bonds is 8. The van der Waals surface area contributed by atoms with Gasteiger partial charge in [-0.25, -0.2) is 0 Å². The molecule has 2 N–H and O–H groups in total. The number of aromatic nitrogens is 2. The number of nitrogens with zero attached hydrogens (tertiary/aromatic N) is 2. The molecule has 3 rings (SSSR count). The number of benzene rings is 1. The average Bonchev–Trinajstić information content (AvgIpc) is 3.09. The first-order valence-electron chi connectivity index (χ1n) is 8.88. The number of hydrogen-bond acceptors (Lipinski definition) is 4. The summed E-state index contributed by atoms with van der Waals surface area (Å²) in [4.78, 5) is 14.8. The Balaban J connectivity index is 0.00000243. The first-order valence-corrected chi connectivity index (χ1v) is 8.88. The van der Waals surface area contributed by atoms with Gasteiger partial charge in [-0.1, -0.05) is 30.3 Å². The third kappa shape index (κ3) is 5.06. The van der Waals surface area contributed by atoms with Crippen LogP contribution in [0.1, 0.15) is 33.7 Å². The molecule has 0 unspecified atom stereocenters. The molecular formula is C19H27ClN4O2. The number of ether oxygens (including phenoxy) is 1. The Kier molecular flexibility index (Phi) is 8.09. The van der Waals surface area contributed by atoms with Gasteiger partial charge in [0.25, 0.3) is 5.91 Å². The Labute approximate surface area is 160 Å². The normalized spacial score (nSPS) is 13.0. The predicted molar refractivity (Wildman–Crippen MR) is 104 cm³/mol. The van der Waals surface area contributed by atoms with Gasteiger partial charge in [0.05, 0.1) is 6.61 Å². The summed E-state index contributed by atoms with van der Waals surface area (Å²) in [5.74, 6) is -0.00804. The average molecular weight is 379 g/mol. The van der Waals surface area contributed by atoms with Gasteiger partial charge in [-0.2, -0.15) is 5.10 Å². The van der Waals surface area contributed by atoms with Crippen LogP contribution in [0.15, 0.2) is 30.3 Å². The highest BCUT2D eigenvalue weighted by atomic mass is 35.5. The predicted octanol–water partition coefficient (Wildman–Crippen LogP) is 2.20. The van der Waals surface area contributed by atoms with Crippen molar-refractivity contribution < 1.29 is 9.53 Å². The number of carbonyl (C=O) groups is 1. The van der Waals surface area contributed by atoms with Crippen LogP contribution in [0, 0.1) is 0 Å². The summed E-state index contributed by atoms with van der Waals surface area (Å²) in [7, 11) is 1.66. The zero-order valence-corrected chi connectivity index (χ0v) is 16.0. The molecule has 0 saturated heterocycles. The zero-order valence-electron chi connectivity index (χ0n) is 15.2. The van der Waals surface area contributed by atoms with Gasteiger partial charge in [0.2, 0.25) is 0 Å². The number of H-pyrrole nitrogens is 1. The number of amides is 1. The van der Waals surface area contributed by atoms with E-state index in [1.54, 1.807) is 7.11 Å². The van der Waals surface area contributed by atoms with Gasteiger partial charge in [0.15, 0.2) is 5.69 Å². The van der Waals surface area contributed by atoms with Crippen molar-refractivity contribution in [2.45, 2.75) is 25.8 Å². The summed E-state index contributed by atoms with van der Waals surface area (Å²) >= 11 is 0. The number of aryl methyl sites for hydroxylation is 1. The molecule has 142 valence electrons. The minimum absolute atomic E-state index is 0. The van der Waals surface area contributed by atoms with Crippen molar-refractivity contribution in [2.24, 2.45) is 0 Å². The highest BCUT2D eigenvalue weighted by Crippen LogP contribution is 2.17. The lowest BCUT2D eigenvalue weighted by Gasteiger charge is -2.22. The smallest absolute Gasteiger partial charge is 0.274 e. The van der Waals surface area contributed by atoms with Crippen LogP contribution in [0.25, 0.3) is 0 Å². The molecule has 1 aliphatic rings. The first kappa shape index (κ1) is 20.4. The summed E-state index contributed by atoms with van der Waals surface area (Å²) in [6.07, 6.45) is 2.77. The van der Waals surface area contributed by atoms with Crippen LogP contribution in [0.5, 0.6) is 0 Å². The monoisotopic (exact) mass is 378 g/mol. The second-order valence-electron chi connectivity index (χ2n) is 6.33. The molecule has 0 radical (unpaired) electrons. The van der Waals surface area contributed by atoms with E-state index in [2.05, 4.69) is 27.6 Å². The van der Waals surface area contributed by atoms with Crippen molar-refractivity contribution in [3.8, 4) is 0 Å². The van der Waals surface area contributed by atoms with Gasteiger partial charge in [-0.15, -0.1) is 12.4 Å². The van der Waals surface area contributed by atoms with Crippen molar-refractivity contribution in [3.05, 3.63) is 52.8 Å². The quantitative estimate of drug-likeness (QED) is 0.738. The number of nitrogens with one attached hydrogen (secondary N) is 2. The molecule has 1 aromatic heterocycles. The van der Waals surface area contributed by atoms with Crippen LogP contribution in [0.2, 0.25) is 0 Å². The van der Waals surface area contributed by atoms with E-state index < -0.39 is 0 Å². The van der Waals surface area contributed by atoms with E-state index >= 15 is 0 Å². The maximum atomic E-state index is 13.0. The number of aromatic amines is 1. The maximum Gasteiger partial charge on any atom is 0.274 e. The second-order valence-corrected chi connectivity index (χ2v) is 6.33. The number of fused-ring (bicyclic) bond motifs is 1. The van der Waals surface area contributed by atoms with E-state index in [-0.39, 0.29) is 18.3 Å². The highest BCUT2D eigenvalue weighted by molar-refractivity contribution is 5.94. The third-order valence-corrected chi connectivity index (χ3v) is 4.60. The fourth-order valence-corrected chi connectivity index (χ4v) is 3.19. The summed E-state index contributed by atoms with van der Waals surface area (Å²) in [5, 5.41) is 10.6. The van der Waals surface area contributed by atoms with E-state index in [9.17, 15) is 4.79 Å². The van der Waals surface area contributed by atoms with Gasteiger partial charge in [0.1, 0.15) is 0 Å². The Morgan fingerprint density at radius 2 is 2.08 bits per heavy atom. The molecule has 2 heterocycles. The molecular weight excluding hydrogens is 352 g/mol. The topological polar surface area (TPSA) is 70.2 Å². The van der Waals surface area contributed by atoms with E-state index in [0.717, 1.165) is 37.1 Å². The van der Waals surface area contributed by atoms with Crippen molar-refractivity contribution in [3.63, 3.8) is 0 Å². The Bertz CT molecular complexity index is 690. The summed E-state index contributed by atoms with van der Waals surface area (Å²) < 4.78 is 5.18. The molecule has 2 aromatic rings. The van der Waals surface area contributed by atoms with E-state index in [4.69, 9.17) is 4.74 Å². The SMILES string of the molecule is COCCN(CCCc1ccccc1)C(=O)c1n[nH]c2c1CNCC2.Cl. The molecule has 0 atom stereocenters. The van der Waals surface area contributed by atoms with Crippen LogP contribution in [0.4, 0.5) is 0 Å². The lowest BCUT2D eigenvalue weighted by atomic mass is 10.1. The fraction of sp³-hybridized carbons (Fsp3) is 0.474. The molecule has 1 aliphatic heterocycles. The molecule has 7 heteroatoms. The molecule has 1 amide bonds. The third-order valence-electron chi connectivity index (χ3n) is 4.60. The Hall–Kier alpha value is -1.89. The minimum atomic E-state index is -0.00804. The van der Waals surface area contributed by atoms with Gasteiger partial charge in [-0.3, -0.25) is 9.89 Å². The van der Waals surface area contributed by atoms with Gasteiger partial charge >= 0.3 is 0 Å². The minimum Gasteiger partial charge on any atom is -0.383 e. The summed E-state index contributed by atoms with van der Waals surface area (Å²) in [6, 6.07) is 10.4. The largest absolute Gasteiger partial charge is 0.383 e. The highest BCUT2D eigenvalue weighted by Gasteiger charge is 2.25. The van der Waals surface area contributed by atoms with Crippen molar-refractivity contribution in [1.29, 1.82) is 0 Å². The number of hydrogen-bond donors (Lipinski definition) is 2. The first-order chi connectivity index (χ1) is 12.3. The van der Waals surface area contributed by atoms with E-state index in [0.29, 0.717) is 31.9 Å². The summed E-state index contributed by atoms with van der Waals surface area (Å²) in [6.45, 7) is 3.44. The van der Waals surface area contributed by atoms with E-state index in [1.165, 1.54) is 5.56 Å². The van der Waals surface area contributed by atoms with Gasteiger partial charge in [-0.05, 0) is 18.4 Å². The Morgan fingerprint density at radius 1 is 1.27 bits per heavy atom. The van der Waals surface area contributed by atoms with Crippen molar-refractivity contribution >= 4 is 18.3 Å². The number of methoxy groups -OCH3 is 1. The van der Waals surface area contributed by atoms with Crippen LogP contribution in [-0.4, -0.2) is 54.4 Å². The second kappa shape index (κ2) is 10.3. The lowest BCUT2D eigenvalue weighted by molar-refractivity contribution is 0.0686. The fourth-order valence-electron chi connectivity index (χ4n) is 3.19. The van der Waals surface area contributed by atoms with Gasteiger partial charge in [0, 0.05) is 51.0 Å². The number of carbonyl (C=O) groups excluding carboxylic acids is 1. The lowest BCUT2D eigenvalue weighted by Crippen LogP contribution is -2.36. The maximum absolute atomic E-state index is 13.0. The van der Waals surface area contributed by atoms with Crippen molar-refractivity contribution in [1.82, 2.24) is 20.4 Å². The zero-order chi connectivity index (χ0) is 17.5. The van der Waals surface area contributed by atoms with Crippen molar-refractivity contribution in [2.75, 3.05) is 33.4 Å². The van der Waals surface area contributed by atoms with Crippen LogP contribution in [-0.2, 0) is 24.1 Å². The molecule has 1 aromatic carbocycles. The molecule has 0 spiro atoms. The van der Waals surface area contributed by atoms with Crippen LogP contribution in [0.3, 0.4) is 0 Å². The van der Waals surface area contributed by atoms with Crippen LogP contribution >= 0.6 is 12.4 Å². The Morgan fingerprint density at radius 3 is 2.85 bits per heavy atom. The molecule has 6 nitrogen and oxygen atoms in total. The number of halogens is 1. The van der Waals surface area contributed by atoms with E-state index in [1.807, 2.05) is 23.1 Å². The summed E-state index contributed by atoms with van der Waals surface area (Å²) in [5.41, 5.74) is 3.95. The van der Waals surface area contributed by atoms with Gasteiger partial charge < -0.3 is 15.0 Å². The molecule has 0 bridgehead atoms. The molecule has 26 heavy (non-hydrogen) atoms. The van der Waals surface area contributed by atoms with Crippen LogP contribution < -0.4 is 5.32 Å². The molecule has 0 saturated carbocycles. The molecule has 0 fully saturated rings. The standard InChI is InChI=1S/C19H26N4O2.ClH/c1-25-13-12-23(11-5-8-15-6-3-2-4-7-15)19(24)18-16-14-20-10-9-17(16)21-22-18;/h2-4,6-7,20H,5,8-14H2,1H3,(H,21,22);1H. The molecule has 0 aliphatic carbocycles.